The number of aliphatic hydroxyl groups excluding tert-OH is 1. The van der Waals surface area contributed by atoms with Crippen LogP contribution >= 0.6 is 0 Å². The SMILES string of the molecule is COC(CCO)CCC(C)C(C)C. The summed E-state index contributed by atoms with van der Waals surface area (Å²) in [6.45, 7) is 7.00. The second-order valence-electron chi connectivity index (χ2n) is 4.17. The average Bonchev–Trinajstić information content (AvgIpc) is 2.11. The maximum Gasteiger partial charge on any atom is 0.0593 e. The molecule has 0 rings (SSSR count). The summed E-state index contributed by atoms with van der Waals surface area (Å²) < 4.78 is 5.26. The van der Waals surface area contributed by atoms with E-state index in [0.29, 0.717) is 0 Å². The summed E-state index contributed by atoms with van der Waals surface area (Å²) in [5.41, 5.74) is 0. The lowest BCUT2D eigenvalue weighted by atomic mass is 9.91. The van der Waals surface area contributed by atoms with Gasteiger partial charge in [-0.3, -0.25) is 0 Å². The Bertz CT molecular complexity index is 113. The molecule has 0 aliphatic carbocycles. The predicted molar refractivity (Wildman–Crippen MR) is 55.7 cm³/mol. The highest BCUT2D eigenvalue weighted by atomic mass is 16.5. The van der Waals surface area contributed by atoms with Gasteiger partial charge in [-0.25, -0.2) is 0 Å². The molecule has 0 radical (unpaired) electrons. The van der Waals surface area contributed by atoms with Crippen LogP contribution in [0, 0.1) is 11.8 Å². The summed E-state index contributed by atoms with van der Waals surface area (Å²) in [6, 6.07) is 0. The molecule has 0 saturated carbocycles. The molecule has 0 saturated heterocycles. The molecule has 0 amide bonds. The van der Waals surface area contributed by atoms with Crippen LogP contribution in [0.2, 0.25) is 0 Å². The number of ether oxygens (including phenoxy) is 1. The molecule has 2 heteroatoms. The van der Waals surface area contributed by atoms with E-state index < -0.39 is 0 Å². The van der Waals surface area contributed by atoms with Gasteiger partial charge in [0.25, 0.3) is 0 Å². The number of methoxy groups -OCH3 is 1. The maximum atomic E-state index is 8.76. The van der Waals surface area contributed by atoms with Crippen LogP contribution in [0.3, 0.4) is 0 Å². The number of rotatable bonds is 7. The predicted octanol–water partition coefficient (Wildman–Crippen LogP) is 2.46. The minimum absolute atomic E-state index is 0.231. The molecular formula is C11H24O2. The summed E-state index contributed by atoms with van der Waals surface area (Å²) in [7, 11) is 1.72. The van der Waals surface area contributed by atoms with Crippen LogP contribution < -0.4 is 0 Å². The molecule has 0 aromatic carbocycles. The first-order chi connectivity index (χ1) is 6.11. The highest BCUT2D eigenvalue weighted by molar-refractivity contribution is 4.63. The van der Waals surface area contributed by atoms with Gasteiger partial charge in [0, 0.05) is 13.7 Å². The molecule has 0 aliphatic heterocycles. The van der Waals surface area contributed by atoms with Crippen molar-refractivity contribution in [3.8, 4) is 0 Å². The molecule has 0 bridgehead atoms. The molecule has 2 atom stereocenters. The standard InChI is InChI=1S/C11H24O2/c1-9(2)10(3)5-6-11(13-4)7-8-12/h9-12H,5-8H2,1-4H3. The van der Waals surface area contributed by atoms with Crippen LogP contribution in [0.5, 0.6) is 0 Å². The molecule has 0 aliphatic rings. The second kappa shape index (κ2) is 7.34. The first-order valence-electron chi connectivity index (χ1n) is 5.25. The lowest BCUT2D eigenvalue weighted by Gasteiger charge is -2.19. The summed E-state index contributed by atoms with van der Waals surface area (Å²) >= 11 is 0. The molecule has 80 valence electrons. The Balaban J connectivity index is 3.58. The van der Waals surface area contributed by atoms with Crippen LogP contribution in [0.15, 0.2) is 0 Å². The lowest BCUT2D eigenvalue weighted by Crippen LogP contribution is -2.15. The van der Waals surface area contributed by atoms with Crippen molar-refractivity contribution in [1.29, 1.82) is 0 Å². The van der Waals surface area contributed by atoms with Gasteiger partial charge in [0.15, 0.2) is 0 Å². The second-order valence-corrected chi connectivity index (χ2v) is 4.17. The zero-order valence-electron chi connectivity index (χ0n) is 9.42. The van der Waals surface area contributed by atoms with E-state index in [1.165, 1.54) is 6.42 Å². The van der Waals surface area contributed by atoms with Crippen LogP contribution in [-0.4, -0.2) is 24.9 Å². The summed E-state index contributed by atoms with van der Waals surface area (Å²) in [4.78, 5) is 0. The van der Waals surface area contributed by atoms with E-state index in [0.717, 1.165) is 24.7 Å². The highest BCUT2D eigenvalue weighted by Gasteiger charge is 2.11. The molecule has 0 spiro atoms. The smallest absolute Gasteiger partial charge is 0.0593 e. The first kappa shape index (κ1) is 12.9. The Morgan fingerprint density at radius 1 is 1.08 bits per heavy atom. The van der Waals surface area contributed by atoms with Crippen molar-refractivity contribution in [3.63, 3.8) is 0 Å². The molecule has 1 N–H and O–H groups in total. The molecule has 0 aromatic heterocycles. The number of hydrogen-bond acceptors (Lipinski definition) is 2. The molecule has 2 nitrogen and oxygen atoms in total. The van der Waals surface area contributed by atoms with Crippen LogP contribution in [0.4, 0.5) is 0 Å². The Morgan fingerprint density at radius 2 is 1.69 bits per heavy atom. The van der Waals surface area contributed by atoms with Crippen LogP contribution in [0.1, 0.15) is 40.0 Å². The number of aliphatic hydroxyl groups is 1. The molecule has 0 fully saturated rings. The third-order valence-electron chi connectivity index (χ3n) is 2.87. The van der Waals surface area contributed by atoms with Gasteiger partial charge in [0.05, 0.1) is 6.10 Å². The fourth-order valence-corrected chi connectivity index (χ4v) is 1.31. The summed E-state index contributed by atoms with van der Waals surface area (Å²) in [5, 5.41) is 8.76. The largest absolute Gasteiger partial charge is 0.396 e. The van der Waals surface area contributed by atoms with E-state index in [9.17, 15) is 0 Å². The van der Waals surface area contributed by atoms with Gasteiger partial charge in [-0.2, -0.15) is 0 Å². The normalized spacial score (nSPS) is 16.2. The van der Waals surface area contributed by atoms with Crippen molar-refractivity contribution in [2.75, 3.05) is 13.7 Å². The first-order valence-corrected chi connectivity index (χ1v) is 5.25. The Morgan fingerprint density at radius 3 is 2.08 bits per heavy atom. The molecule has 2 unspecified atom stereocenters. The van der Waals surface area contributed by atoms with Crippen LogP contribution in [0.25, 0.3) is 0 Å². The van der Waals surface area contributed by atoms with E-state index in [-0.39, 0.29) is 12.7 Å². The topological polar surface area (TPSA) is 29.5 Å². The highest BCUT2D eigenvalue weighted by Crippen LogP contribution is 2.18. The Hall–Kier alpha value is -0.0800. The van der Waals surface area contributed by atoms with Gasteiger partial charge in [-0.05, 0) is 31.1 Å². The van der Waals surface area contributed by atoms with Crippen molar-refractivity contribution in [2.45, 2.75) is 46.1 Å². The van der Waals surface area contributed by atoms with Gasteiger partial charge in [0.2, 0.25) is 0 Å². The minimum Gasteiger partial charge on any atom is -0.396 e. The van der Waals surface area contributed by atoms with Crippen molar-refractivity contribution >= 4 is 0 Å². The summed E-state index contributed by atoms with van der Waals surface area (Å²) in [6.07, 6.45) is 3.26. The van der Waals surface area contributed by atoms with E-state index in [4.69, 9.17) is 9.84 Å². The molecule has 13 heavy (non-hydrogen) atoms. The fraction of sp³-hybridized carbons (Fsp3) is 1.00. The van der Waals surface area contributed by atoms with Crippen molar-refractivity contribution in [2.24, 2.45) is 11.8 Å². The Labute approximate surface area is 82.3 Å². The van der Waals surface area contributed by atoms with E-state index >= 15 is 0 Å². The van der Waals surface area contributed by atoms with E-state index in [1.54, 1.807) is 7.11 Å². The van der Waals surface area contributed by atoms with E-state index in [2.05, 4.69) is 20.8 Å². The summed E-state index contributed by atoms with van der Waals surface area (Å²) in [5.74, 6) is 1.49. The van der Waals surface area contributed by atoms with Gasteiger partial charge >= 0.3 is 0 Å². The van der Waals surface area contributed by atoms with Gasteiger partial charge in [-0.15, -0.1) is 0 Å². The van der Waals surface area contributed by atoms with Crippen molar-refractivity contribution in [1.82, 2.24) is 0 Å². The van der Waals surface area contributed by atoms with Gasteiger partial charge in [-0.1, -0.05) is 20.8 Å². The molecular weight excluding hydrogens is 164 g/mol. The lowest BCUT2D eigenvalue weighted by molar-refractivity contribution is 0.0648. The Kier molecular flexibility index (Phi) is 7.29. The zero-order chi connectivity index (χ0) is 10.3. The molecule has 0 heterocycles. The third kappa shape index (κ3) is 6.05. The minimum atomic E-state index is 0.231. The monoisotopic (exact) mass is 188 g/mol. The molecule has 0 aromatic rings. The van der Waals surface area contributed by atoms with E-state index in [1.807, 2.05) is 0 Å². The van der Waals surface area contributed by atoms with Gasteiger partial charge < -0.3 is 9.84 Å². The average molecular weight is 188 g/mol. The van der Waals surface area contributed by atoms with Gasteiger partial charge in [0.1, 0.15) is 0 Å². The van der Waals surface area contributed by atoms with Crippen molar-refractivity contribution < 1.29 is 9.84 Å². The third-order valence-corrected chi connectivity index (χ3v) is 2.87. The quantitative estimate of drug-likeness (QED) is 0.665. The fourth-order valence-electron chi connectivity index (χ4n) is 1.31. The number of hydrogen-bond donors (Lipinski definition) is 1. The van der Waals surface area contributed by atoms with Crippen molar-refractivity contribution in [3.05, 3.63) is 0 Å². The maximum absolute atomic E-state index is 8.76. The van der Waals surface area contributed by atoms with Crippen LogP contribution in [-0.2, 0) is 4.74 Å². The zero-order valence-corrected chi connectivity index (χ0v) is 9.42.